The SMILES string of the molecule is O=[N+]([O-])c1ccc(N=Nc2ccc(OCCCCCCN(Cc3ccccn3)Cc3ccccn3)cc2)cc1. The number of non-ortho nitro benzene ring substituents is 1. The van der Waals surface area contributed by atoms with Crippen molar-refractivity contribution in [1.29, 1.82) is 0 Å². The van der Waals surface area contributed by atoms with Crippen molar-refractivity contribution in [3.8, 4) is 5.75 Å². The maximum absolute atomic E-state index is 10.7. The highest BCUT2D eigenvalue weighted by atomic mass is 16.6. The fourth-order valence-corrected chi connectivity index (χ4v) is 4.00. The van der Waals surface area contributed by atoms with Gasteiger partial charge in [0.1, 0.15) is 5.75 Å². The second-order valence-electron chi connectivity index (χ2n) is 9.08. The van der Waals surface area contributed by atoms with Gasteiger partial charge in [0.25, 0.3) is 5.69 Å². The van der Waals surface area contributed by atoms with Crippen molar-refractivity contribution in [3.05, 3.63) is 119 Å². The van der Waals surface area contributed by atoms with Gasteiger partial charge in [0.15, 0.2) is 0 Å². The van der Waals surface area contributed by atoms with E-state index in [4.69, 9.17) is 4.74 Å². The van der Waals surface area contributed by atoms with Gasteiger partial charge < -0.3 is 4.74 Å². The van der Waals surface area contributed by atoms with E-state index in [1.54, 1.807) is 12.1 Å². The van der Waals surface area contributed by atoms with Crippen LogP contribution < -0.4 is 4.74 Å². The fourth-order valence-electron chi connectivity index (χ4n) is 4.00. The summed E-state index contributed by atoms with van der Waals surface area (Å²) in [5.74, 6) is 0.793. The van der Waals surface area contributed by atoms with E-state index < -0.39 is 4.92 Å². The number of nitrogens with zero attached hydrogens (tertiary/aromatic N) is 6. The minimum absolute atomic E-state index is 0.0265. The number of rotatable bonds is 15. The molecule has 4 rings (SSSR count). The topological polar surface area (TPSA) is 106 Å². The average molecular weight is 525 g/mol. The molecule has 0 N–H and O–H groups in total. The highest BCUT2D eigenvalue weighted by Crippen LogP contribution is 2.23. The average Bonchev–Trinajstić information content (AvgIpc) is 2.97. The standard InChI is InChI=1S/C30H32N6O3/c37-36(38)29-15-11-25(12-16-29)33-34-26-13-17-30(18-14-26)39-22-8-2-1-7-21-35(23-27-9-3-5-19-31-27)24-28-10-4-6-20-32-28/h3-6,9-20H,1-2,7-8,21-24H2. The number of benzene rings is 2. The lowest BCUT2D eigenvalue weighted by Gasteiger charge is -2.21. The number of pyridine rings is 2. The Morgan fingerprint density at radius 2 is 1.28 bits per heavy atom. The Bertz CT molecular complexity index is 1260. The molecule has 0 bridgehead atoms. The quantitative estimate of drug-likeness (QED) is 0.0692. The summed E-state index contributed by atoms with van der Waals surface area (Å²) in [4.78, 5) is 21.7. The molecule has 2 heterocycles. The maximum atomic E-state index is 10.7. The second kappa shape index (κ2) is 15.0. The Balaban J connectivity index is 1.14. The predicted molar refractivity (Wildman–Crippen MR) is 150 cm³/mol. The number of ether oxygens (including phenoxy) is 1. The van der Waals surface area contributed by atoms with E-state index in [1.807, 2.05) is 60.9 Å². The first-order valence-electron chi connectivity index (χ1n) is 13.1. The molecule has 0 spiro atoms. The first kappa shape index (κ1) is 27.5. The van der Waals surface area contributed by atoms with Crippen LogP contribution in [0.25, 0.3) is 0 Å². The molecule has 0 aliphatic heterocycles. The monoisotopic (exact) mass is 524 g/mol. The molecular formula is C30H32N6O3. The first-order chi connectivity index (χ1) is 19.2. The zero-order valence-corrected chi connectivity index (χ0v) is 21.8. The molecule has 0 saturated heterocycles. The Labute approximate surface area is 228 Å². The molecule has 2 aromatic carbocycles. The molecule has 0 atom stereocenters. The summed E-state index contributed by atoms with van der Waals surface area (Å²) in [6.07, 6.45) is 8.01. The third-order valence-electron chi connectivity index (χ3n) is 6.04. The van der Waals surface area contributed by atoms with Crippen molar-refractivity contribution in [2.24, 2.45) is 10.2 Å². The van der Waals surface area contributed by atoms with Gasteiger partial charge in [-0.3, -0.25) is 25.0 Å². The third kappa shape index (κ3) is 9.71. The number of nitro groups is 1. The van der Waals surface area contributed by atoms with E-state index in [-0.39, 0.29) is 5.69 Å². The van der Waals surface area contributed by atoms with E-state index in [0.717, 1.165) is 62.5 Å². The molecule has 0 radical (unpaired) electrons. The van der Waals surface area contributed by atoms with Crippen LogP contribution in [-0.2, 0) is 13.1 Å². The van der Waals surface area contributed by atoms with Gasteiger partial charge in [-0.15, -0.1) is 0 Å². The van der Waals surface area contributed by atoms with Gasteiger partial charge in [0, 0.05) is 37.6 Å². The summed E-state index contributed by atoms with van der Waals surface area (Å²) in [6, 6.07) is 25.4. The van der Waals surface area contributed by atoms with Crippen LogP contribution in [0.5, 0.6) is 5.75 Å². The first-order valence-corrected chi connectivity index (χ1v) is 13.1. The minimum atomic E-state index is -0.441. The van der Waals surface area contributed by atoms with Gasteiger partial charge in [0.2, 0.25) is 0 Å². The Morgan fingerprint density at radius 1 is 0.718 bits per heavy atom. The molecule has 0 aliphatic carbocycles. The summed E-state index contributed by atoms with van der Waals surface area (Å²) in [7, 11) is 0. The summed E-state index contributed by atoms with van der Waals surface area (Å²) in [6.45, 7) is 3.27. The lowest BCUT2D eigenvalue weighted by molar-refractivity contribution is -0.384. The van der Waals surface area contributed by atoms with E-state index in [0.29, 0.717) is 18.0 Å². The molecule has 200 valence electrons. The van der Waals surface area contributed by atoms with E-state index >= 15 is 0 Å². The van der Waals surface area contributed by atoms with Crippen LogP contribution in [0.4, 0.5) is 17.1 Å². The fraction of sp³-hybridized carbons (Fsp3) is 0.267. The van der Waals surface area contributed by atoms with Crippen LogP contribution in [0, 0.1) is 10.1 Å². The molecule has 0 saturated carbocycles. The lowest BCUT2D eigenvalue weighted by atomic mass is 10.2. The van der Waals surface area contributed by atoms with E-state index in [2.05, 4.69) is 37.2 Å². The van der Waals surface area contributed by atoms with Crippen LogP contribution in [0.3, 0.4) is 0 Å². The number of hydrogen-bond donors (Lipinski definition) is 0. The Kier molecular flexibility index (Phi) is 10.6. The minimum Gasteiger partial charge on any atom is -0.494 e. The molecule has 9 nitrogen and oxygen atoms in total. The smallest absolute Gasteiger partial charge is 0.269 e. The predicted octanol–water partition coefficient (Wildman–Crippen LogP) is 7.44. The maximum Gasteiger partial charge on any atom is 0.269 e. The van der Waals surface area contributed by atoms with Gasteiger partial charge in [-0.1, -0.05) is 25.0 Å². The van der Waals surface area contributed by atoms with Crippen molar-refractivity contribution in [3.63, 3.8) is 0 Å². The zero-order valence-electron chi connectivity index (χ0n) is 21.8. The van der Waals surface area contributed by atoms with Gasteiger partial charge >= 0.3 is 0 Å². The summed E-state index contributed by atoms with van der Waals surface area (Å²) < 4.78 is 5.88. The molecule has 0 fully saturated rings. The Morgan fingerprint density at radius 3 is 1.82 bits per heavy atom. The van der Waals surface area contributed by atoms with Crippen LogP contribution in [0.15, 0.2) is 108 Å². The summed E-state index contributed by atoms with van der Waals surface area (Å²) in [5, 5.41) is 19.0. The van der Waals surface area contributed by atoms with Gasteiger partial charge in [0.05, 0.1) is 34.3 Å². The number of aromatic nitrogens is 2. The highest BCUT2D eigenvalue weighted by molar-refractivity contribution is 5.45. The number of azo groups is 1. The van der Waals surface area contributed by atoms with Crippen LogP contribution in [0.2, 0.25) is 0 Å². The number of unbranched alkanes of at least 4 members (excludes halogenated alkanes) is 3. The molecular weight excluding hydrogens is 492 g/mol. The zero-order chi connectivity index (χ0) is 27.1. The van der Waals surface area contributed by atoms with Gasteiger partial charge in [-0.05, 0) is 80.1 Å². The van der Waals surface area contributed by atoms with Crippen molar-refractivity contribution in [1.82, 2.24) is 14.9 Å². The third-order valence-corrected chi connectivity index (χ3v) is 6.04. The molecule has 4 aromatic rings. The van der Waals surface area contributed by atoms with Crippen LogP contribution >= 0.6 is 0 Å². The largest absolute Gasteiger partial charge is 0.494 e. The van der Waals surface area contributed by atoms with Gasteiger partial charge in [-0.25, -0.2) is 0 Å². The number of nitro benzene ring substituents is 1. The van der Waals surface area contributed by atoms with E-state index in [1.165, 1.54) is 12.1 Å². The van der Waals surface area contributed by atoms with Crippen molar-refractivity contribution >= 4 is 17.1 Å². The molecule has 0 amide bonds. The van der Waals surface area contributed by atoms with E-state index in [9.17, 15) is 10.1 Å². The molecule has 2 aromatic heterocycles. The molecule has 39 heavy (non-hydrogen) atoms. The van der Waals surface area contributed by atoms with Crippen molar-refractivity contribution in [2.45, 2.75) is 38.8 Å². The Hall–Kier alpha value is -4.50. The van der Waals surface area contributed by atoms with Crippen molar-refractivity contribution in [2.75, 3.05) is 13.2 Å². The molecule has 0 aliphatic rings. The summed E-state index contributed by atoms with van der Waals surface area (Å²) in [5.41, 5.74) is 3.40. The normalized spacial score (nSPS) is 11.2. The van der Waals surface area contributed by atoms with Gasteiger partial charge in [-0.2, -0.15) is 10.2 Å². The highest BCUT2D eigenvalue weighted by Gasteiger charge is 2.09. The number of hydrogen-bond acceptors (Lipinski definition) is 8. The van der Waals surface area contributed by atoms with Crippen LogP contribution in [-0.4, -0.2) is 32.9 Å². The van der Waals surface area contributed by atoms with Crippen LogP contribution in [0.1, 0.15) is 37.1 Å². The summed E-state index contributed by atoms with van der Waals surface area (Å²) >= 11 is 0. The molecule has 0 unspecified atom stereocenters. The lowest BCUT2D eigenvalue weighted by Crippen LogP contribution is -2.25. The van der Waals surface area contributed by atoms with Crippen molar-refractivity contribution < 1.29 is 9.66 Å². The molecule has 9 heteroatoms. The second-order valence-corrected chi connectivity index (χ2v) is 9.08.